The summed E-state index contributed by atoms with van der Waals surface area (Å²) in [5.41, 5.74) is 15.0. The molecule has 19 rings (SSSR count). The van der Waals surface area contributed by atoms with E-state index >= 15 is 0 Å². The minimum atomic E-state index is -1.13. The predicted octanol–water partition coefficient (Wildman–Crippen LogP) is 31.8. The van der Waals surface area contributed by atoms with E-state index in [0.717, 1.165) is 110 Å². The van der Waals surface area contributed by atoms with Gasteiger partial charge in [0, 0.05) is 116 Å². The molecule has 0 amide bonds. The largest absolute Gasteiger partial charge is 0.508 e. The van der Waals surface area contributed by atoms with Gasteiger partial charge in [0.1, 0.15) is 58.9 Å². The molecule has 13 heteroatoms. The highest BCUT2D eigenvalue weighted by molar-refractivity contribution is 6.12. The lowest BCUT2D eigenvalue weighted by atomic mass is 9.77. The Morgan fingerprint density at radius 1 is 0.417 bits per heavy atom. The predicted molar refractivity (Wildman–Crippen MR) is 585 cm³/mol. The average Bonchev–Trinajstić information content (AvgIpc) is 1.57. The van der Waals surface area contributed by atoms with E-state index in [1.165, 1.54) is 78.0 Å². The van der Waals surface area contributed by atoms with Gasteiger partial charge in [-0.05, 0) is 221 Å². The molecular formula is C126H145N2O11+. The van der Waals surface area contributed by atoms with Crippen molar-refractivity contribution in [2.24, 2.45) is 23.7 Å². The van der Waals surface area contributed by atoms with E-state index in [1.54, 1.807) is 62.4 Å². The number of phenolic OH excluding ortho intramolecular Hbond substituents is 2. The number of ether oxygens (including phenoxy) is 3. The Morgan fingerprint density at radius 2 is 0.899 bits per heavy atom. The number of phenols is 2. The average molecular weight is 1860 g/mol. The highest BCUT2D eigenvalue weighted by Crippen LogP contribution is 2.57. The quantitative estimate of drug-likeness (QED) is 0.0432. The molecule has 3 N–H and O–H groups in total. The number of fused-ring (bicyclic) bond motifs is 14. The lowest BCUT2D eigenvalue weighted by molar-refractivity contribution is 0.0223. The number of Topliss-reactive ketones (excluding diaryl/α,β-unsaturated/α-hetero) is 2. The van der Waals surface area contributed by atoms with Gasteiger partial charge in [-0.2, -0.15) is 0 Å². The molecule has 4 aliphatic heterocycles. The lowest BCUT2D eigenvalue weighted by Gasteiger charge is -2.36. The Kier molecular flexibility index (Phi) is 39.2. The fraction of sp³-hybridized carbons (Fsp3) is 0.294. The summed E-state index contributed by atoms with van der Waals surface area (Å²) in [6.45, 7) is 63.8. The van der Waals surface area contributed by atoms with E-state index in [4.69, 9.17) is 18.6 Å². The van der Waals surface area contributed by atoms with Crippen molar-refractivity contribution in [3.63, 3.8) is 0 Å². The Labute approximate surface area is 825 Å². The SMILES string of the molecule is C=c1ccc2c(c1)Oc1cc(O)ccc1C=2c1ccc(C(=O)C(C)C)cc1C(=O)O.CC.CC.CC.CC.CC(C)C.CC(C)C.CCN(CC)c1ccc2c(-c3ccccc3C(=O)C(C)C)c3ccc(=[N+](CC)CC)cc-3oc2c1.Cc1c2ccccc2c(C(C)C)c2ccccc12.Cc1c2ccccc2cc2ccccc12.Cc1ccc2c(c1)Oc1cc(O)ccc1C21OC(=O)c2ccccc21. The van der Waals surface area contributed by atoms with E-state index in [1.807, 2.05) is 143 Å². The zero-order valence-electron chi connectivity index (χ0n) is 87.0. The number of carboxylic acids is 1. The number of hydrogen-bond acceptors (Lipinski definition) is 11. The van der Waals surface area contributed by atoms with Crippen molar-refractivity contribution in [2.45, 2.75) is 198 Å². The van der Waals surface area contributed by atoms with Crippen LogP contribution in [-0.4, -0.2) is 65.0 Å². The number of carbonyl (C=O) groups is 4. The highest BCUT2D eigenvalue weighted by atomic mass is 16.6. The molecule has 1 unspecified atom stereocenters. The third kappa shape index (κ3) is 24.5. The molecule has 0 aromatic heterocycles. The zero-order valence-corrected chi connectivity index (χ0v) is 87.0. The number of rotatable bonds is 13. The fourth-order valence-electron chi connectivity index (χ4n) is 17.6. The number of aromatic hydroxyl groups is 2. The standard InChI is InChI=1S/C31H37N2O2.C25H20O5.C21H14O4.C18H18.C15H12.2C4H10.4C2H6/c1-7-32(8-2)22-15-17-26-28(19-22)35-29-20-23(33(9-3)10-4)16-18-27(29)30(26)24-13-11-12-14-25(24)31(34)21(5)6;1-13(2)24(27)15-5-8-17(20(11-15)25(28)29)23-18-7-4-14(3)10-21(18)30-22-12-16(26)6-9-19(22)23;1-12-6-8-16-18(10-12)24-19-11-13(22)7-9-17(19)21(16)15-5-3-2-4-14(15)20(23)25-21;1-12(2)18-16-10-6-4-8-14(16)13(3)15-9-5-7-11-17(15)18;1-11-14-8-4-2-6-12(14)10-13-7-3-5-9-15(11)13;2*1-4(2)3;4*1-2/h11-21H,7-10H2,1-6H3;4-13,26H,3H2,1-2H3,(H,28,29);2-11,22H,1H3;4-12H,1-3H3;2-10H,1H3;2*4H,1-3H3;4*1-2H3/q+1;;;;;;;;;;. The van der Waals surface area contributed by atoms with E-state index < -0.39 is 11.6 Å². The molecule has 1 atom stereocenters. The van der Waals surface area contributed by atoms with Crippen LogP contribution in [0.3, 0.4) is 0 Å². The van der Waals surface area contributed by atoms with Crippen LogP contribution in [0.5, 0.6) is 34.5 Å². The summed E-state index contributed by atoms with van der Waals surface area (Å²) in [5, 5.41) is 44.3. The molecular weight excluding hydrogens is 1720 g/mol. The number of hydrogen-bond donors (Lipinski definition) is 3. The van der Waals surface area contributed by atoms with E-state index in [0.29, 0.717) is 67.5 Å². The minimum absolute atomic E-state index is 0.0297. The fourth-order valence-corrected chi connectivity index (χ4v) is 17.6. The maximum atomic E-state index is 13.2. The molecule has 0 saturated heterocycles. The summed E-state index contributed by atoms with van der Waals surface area (Å²) < 4.78 is 26.9. The number of carbonyl (C=O) groups excluding carboxylic acids is 3. The van der Waals surface area contributed by atoms with Gasteiger partial charge in [0.05, 0.1) is 17.2 Å². The lowest BCUT2D eigenvalue weighted by Crippen LogP contribution is -2.33. The van der Waals surface area contributed by atoms with Crippen molar-refractivity contribution in [1.82, 2.24) is 4.58 Å². The second-order valence-electron chi connectivity index (χ2n) is 35.9. The Morgan fingerprint density at radius 3 is 1.45 bits per heavy atom. The van der Waals surface area contributed by atoms with E-state index in [-0.39, 0.29) is 46.4 Å². The molecule has 0 saturated carbocycles. The van der Waals surface area contributed by atoms with Crippen molar-refractivity contribution < 1.29 is 53.1 Å². The molecule has 13 nitrogen and oxygen atoms in total. The van der Waals surface area contributed by atoms with Crippen molar-refractivity contribution in [3.8, 4) is 56.9 Å². The van der Waals surface area contributed by atoms with Gasteiger partial charge in [-0.25, -0.2) is 14.2 Å². The number of aromatic carboxylic acids is 1. The van der Waals surface area contributed by atoms with Crippen molar-refractivity contribution in [1.29, 1.82) is 0 Å². The van der Waals surface area contributed by atoms with Gasteiger partial charge in [0.25, 0.3) is 0 Å². The van der Waals surface area contributed by atoms with Crippen molar-refractivity contribution in [2.75, 3.05) is 31.1 Å². The van der Waals surface area contributed by atoms with Crippen LogP contribution in [0.15, 0.2) is 283 Å². The first kappa shape index (κ1) is 108. The van der Waals surface area contributed by atoms with E-state index in [2.05, 4.69) is 259 Å². The van der Waals surface area contributed by atoms with Gasteiger partial charge in [-0.1, -0.05) is 321 Å². The van der Waals surface area contributed by atoms with Crippen LogP contribution in [0.1, 0.15) is 264 Å². The molecule has 724 valence electrons. The molecule has 14 aromatic carbocycles. The van der Waals surface area contributed by atoms with Crippen LogP contribution >= 0.6 is 0 Å². The van der Waals surface area contributed by atoms with Crippen LogP contribution in [-0.2, 0) is 10.3 Å². The second kappa shape index (κ2) is 50.2. The minimum Gasteiger partial charge on any atom is -0.508 e. The molecule has 0 bridgehead atoms. The summed E-state index contributed by atoms with van der Waals surface area (Å²) in [6, 6.07) is 90.8. The van der Waals surface area contributed by atoms with Gasteiger partial charge in [-0.15, -0.1) is 0 Å². The smallest absolute Gasteiger partial charge is 0.340 e. The third-order valence-corrected chi connectivity index (χ3v) is 23.7. The normalized spacial score (nSPS) is 12.4. The Bertz CT molecular complexity index is 6980. The molecule has 5 aliphatic rings. The molecule has 1 aliphatic carbocycles. The van der Waals surface area contributed by atoms with Crippen LogP contribution in [0, 0.1) is 44.4 Å². The van der Waals surface area contributed by atoms with Crippen LogP contribution < -0.4 is 34.7 Å². The molecule has 139 heavy (non-hydrogen) atoms. The Hall–Kier alpha value is -14.2. The Balaban J connectivity index is 0.000000191. The second-order valence-corrected chi connectivity index (χ2v) is 35.9. The zero-order chi connectivity index (χ0) is 102. The van der Waals surface area contributed by atoms with Gasteiger partial charge in [0.15, 0.2) is 17.2 Å². The van der Waals surface area contributed by atoms with Crippen molar-refractivity contribution in [3.05, 3.63) is 367 Å². The van der Waals surface area contributed by atoms with Gasteiger partial charge < -0.3 is 38.8 Å². The van der Waals surface area contributed by atoms with Crippen LogP contribution in [0.2, 0.25) is 0 Å². The van der Waals surface area contributed by atoms with Crippen LogP contribution in [0.25, 0.3) is 88.7 Å². The first-order valence-corrected chi connectivity index (χ1v) is 49.8. The summed E-state index contributed by atoms with van der Waals surface area (Å²) in [4.78, 5) is 52.7. The van der Waals surface area contributed by atoms with Crippen LogP contribution in [0.4, 0.5) is 5.69 Å². The number of esters is 1. The molecule has 0 fully saturated rings. The van der Waals surface area contributed by atoms with Gasteiger partial charge in [0.2, 0.25) is 5.36 Å². The van der Waals surface area contributed by atoms with E-state index in [9.17, 15) is 34.5 Å². The number of nitrogens with zero attached hydrogens (tertiary/aromatic N) is 2. The maximum absolute atomic E-state index is 13.2. The first-order chi connectivity index (χ1) is 66.8. The monoisotopic (exact) mass is 1860 g/mol. The summed E-state index contributed by atoms with van der Waals surface area (Å²) >= 11 is 0. The number of benzene rings is 15. The van der Waals surface area contributed by atoms with Crippen molar-refractivity contribution >= 4 is 95.4 Å². The molecule has 14 aromatic rings. The molecule has 0 radical (unpaired) electrons. The number of carboxylic acid groups (broad SMARTS) is 1. The topological polar surface area (TPSA) is 176 Å². The first-order valence-electron chi connectivity index (χ1n) is 49.8. The summed E-state index contributed by atoms with van der Waals surface area (Å²) in [5.74, 6) is 3.47. The summed E-state index contributed by atoms with van der Waals surface area (Å²) in [7, 11) is 0. The maximum Gasteiger partial charge on any atom is 0.340 e. The number of aryl methyl sites for hydroxylation is 3. The number of anilines is 1. The summed E-state index contributed by atoms with van der Waals surface area (Å²) in [6.07, 6.45) is 0. The molecule has 1 spiro atoms. The number of ketones is 2. The third-order valence-electron chi connectivity index (χ3n) is 23.7. The molecule has 4 heterocycles. The van der Waals surface area contributed by atoms with Gasteiger partial charge >= 0.3 is 11.9 Å². The highest BCUT2D eigenvalue weighted by Gasteiger charge is 2.53. The van der Waals surface area contributed by atoms with Gasteiger partial charge in [-0.3, -0.25) is 9.59 Å².